The van der Waals surface area contributed by atoms with Gasteiger partial charge in [-0.15, -0.1) is 0 Å². The molecular formula is C15H15BrN4. The first-order chi connectivity index (χ1) is 9.60. The number of hydrogen-bond acceptors (Lipinski definition) is 4. The second-order valence-electron chi connectivity index (χ2n) is 4.62. The first-order valence-corrected chi connectivity index (χ1v) is 7.08. The molecule has 0 spiro atoms. The summed E-state index contributed by atoms with van der Waals surface area (Å²) in [5, 5.41) is 8.85. The van der Waals surface area contributed by atoms with Gasteiger partial charge < -0.3 is 4.90 Å². The molecule has 0 aliphatic rings. The van der Waals surface area contributed by atoms with E-state index in [0.29, 0.717) is 5.69 Å². The molecule has 0 N–H and O–H groups in total. The molecule has 0 saturated heterocycles. The van der Waals surface area contributed by atoms with Gasteiger partial charge in [0.05, 0.1) is 0 Å². The van der Waals surface area contributed by atoms with Crippen LogP contribution in [0, 0.1) is 18.3 Å². The van der Waals surface area contributed by atoms with Crippen molar-refractivity contribution in [3.8, 4) is 6.07 Å². The highest BCUT2D eigenvalue weighted by atomic mass is 79.9. The Morgan fingerprint density at radius 3 is 2.85 bits per heavy atom. The largest absolute Gasteiger partial charge is 0.359 e. The molecule has 0 amide bonds. The molecule has 0 radical (unpaired) electrons. The summed E-state index contributed by atoms with van der Waals surface area (Å²) < 4.78 is 1.09. The van der Waals surface area contributed by atoms with Crippen molar-refractivity contribution in [1.82, 2.24) is 9.97 Å². The van der Waals surface area contributed by atoms with Crippen molar-refractivity contribution in [2.45, 2.75) is 13.3 Å². The standard InChI is InChI=1S/C15H15BrN4/c1-11-3-4-13(16)7-12(11)5-6-20(2)15-8-14(9-17)18-10-19-15/h3-4,7-8,10H,5-6H2,1-2H3. The van der Waals surface area contributed by atoms with E-state index in [-0.39, 0.29) is 0 Å². The quantitative estimate of drug-likeness (QED) is 0.864. The van der Waals surface area contributed by atoms with Crippen LogP contribution in [-0.2, 0) is 6.42 Å². The molecule has 0 saturated carbocycles. The third kappa shape index (κ3) is 3.55. The predicted octanol–water partition coefficient (Wildman–Crippen LogP) is 3.10. The molecular weight excluding hydrogens is 316 g/mol. The van der Waals surface area contributed by atoms with Gasteiger partial charge in [-0.3, -0.25) is 0 Å². The summed E-state index contributed by atoms with van der Waals surface area (Å²) in [7, 11) is 1.97. The molecule has 0 atom stereocenters. The third-order valence-corrected chi connectivity index (χ3v) is 3.68. The van der Waals surface area contributed by atoms with Crippen LogP contribution in [0.1, 0.15) is 16.8 Å². The van der Waals surface area contributed by atoms with E-state index in [2.05, 4.69) is 45.0 Å². The minimum atomic E-state index is 0.389. The second-order valence-corrected chi connectivity index (χ2v) is 5.53. The first-order valence-electron chi connectivity index (χ1n) is 6.28. The van der Waals surface area contributed by atoms with Gasteiger partial charge in [-0.2, -0.15) is 5.26 Å². The van der Waals surface area contributed by atoms with Crippen LogP contribution in [0.3, 0.4) is 0 Å². The molecule has 5 heteroatoms. The zero-order valence-electron chi connectivity index (χ0n) is 11.5. The van der Waals surface area contributed by atoms with Crippen molar-refractivity contribution in [3.05, 3.63) is 51.9 Å². The lowest BCUT2D eigenvalue weighted by Gasteiger charge is -2.18. The van der Waals surface area contributed by atoms with Crippen molar-refractivity contribution in [2.75, 3.05) is 18.5 Å². The molecule has 1 heterocycles. The average Bonchev–Trinajstić information content (AvgIpc) is 2.48. The van der Waals surface area contributed by atoms with Crippen molar-refractivity contribution >= 4 is 21.7 Å². The van der Waals surface area contributed by atoms with Gasteiger partial charge in [0.15, 0.2) is 0 Å². The molecule has 2 aromatic rings. The van der Waals surface area contributed by atoms with Crippen molar-refractivity contribution in [3.63, 3.8) is 0 Å². The van der Waals surface area contributed by atoms with E-state index in [4.69, 9.17) is 5.26 Å². The van der Waals surface area contributed by atoms with E-state index in [1.165, 1.54) is 17.5 Å². The summed E-state index contributed by atoms with van der Waals surface area (Å²) in [6.45, 7) is 2.94. The highest BCUT2D eigenvalue weighted by molar-refractivity contribution is 9.10. The lowest BCUT2D eigenvalue weighted by atomic mass is 10.1. The molecule has 0 fully saturated rings. The fourth-order valence-corrected chi connectivity index (χ4v) is 2.34. The smallest absolute Gasteiger partial charge is 0.145 e. The lowest BCUT2D eigenvalue weighted by molar-refractivity contribution is 0.850. The van der Waals surface area contributed by atoms with E-state index < -0.39 is 0 Å². The van der Waals surface area contributed by atoms with Crippen LogP contribution in [-0.4, -0.2) is 23.6 Å². The number of benzene rings is 1. The Labute approximate surface area is 127 Å². The molecule has 0 bridgehead atoms. The Balaban J connectivity index is 2.06. The third-order valence-electron chi connectivity index (χ3n) is 3.19. The maximum atomic E-state index is 8.85. The number of nitrogens with zero attached hydrogens (tertiary/aromatic N) is 4. The summed E-state index contributed by atoms with van der Waals surface area (Å²) in [5.41, 5.74) is 2.98. The molecule has 20 heavy (non-hydrogen) atoms. The van der Waals surface area contributed by atoms with Crippen LogP contribution >= 0.6 is 15.9 Å². The summed E-state index contributed by atoms with van der Waals surface area (Å²) in [6, 6.07) is 10.0. The van der Waals surface area contributed by atoms with Gasteiger partial charge in [0.25, 0.3) is 0 Å². The van der Waals surface area contributed by atoms with Crippen LogP contribution in [0.4, 0.5) is 5.82 Å². The molecule has 1 aromatic carbocycles. The number of anilines is 1. The first kappa shape index (κ1) is 14.5. The Morgan fingerprint density at radius 2 is 2.10 bits per heavy atom. The van der Waals surface area contributed by atoms with Crippen LogP contribution in [0.15, 0.2) is 35.1 Å². The molecule has 0 aliphatic heterocycles. The fraction of sp³-hybridized carbons (Fsp3) is 0.267. The molecule has 2 rings (SSSR count). The highest BCUT2D eigenvalue weighted by Gasteiger charge is 2.06. The number of nitriles is 1. The topological polar surface area (TPSA) is 52.8 Å². The monoisotopic (exact) mass is 330 g/mol. The SMILES string of the molecule is Cc1ccc(Br)cc1CCN(C)c1cc(C#N)ncn1. The van der Waals surface area contributed by atoms with Crippen molar-refractivity contribution < 1.29 is 0 Å². The van der Waals surface area contributed by atoms with E-state index in [0.717, 1.165) is 23.3 Å². The molecule has 0 aliphatic carbocycles. The Morgan fingerprint density at radius 1 is 1.30 bits per heavy atom. The number of likely N-dealkylation sites (N-methyl/N-ethyl adjacent to an activating group) is 1. The Hall–Kier alpha value is -1.93. The van der Waals surface area contributed by atoms with Gasteiger partial charge in [0.2, 0.25) is 0 Å². The molecule has 1 aromatic heterocycles. The van der Waals surface area contributed by atoms with Crippen LogP contribution in [0.25, 0.3) is 0 Å². The van der Waals surface area contributed by atoms with Crippen LogP contribution in [0.2, 0.25) is 0 Å². The van der Waals surface area contributed by atoms with Gasteiger partial charge in [0, 0.05) is 24.1 Å². The maximum Gasteiger partial charge on any atom is 0.145 e. The average molecular weight is 331 g/mol. The number of rotatable bonds is 4. The number of aryl methyl sites for hydroxylation is 1. The zero-order chi connectivity index (χ0) is 14.5. The van der Waals surface area contributed by atoms with Crippen molar-refractivity contribution in [2.24, 2.45) is 0 Å². The number of halogens is 1. The summed E-state index contributed by atoms with van der Waals surface area (Å²) in [6.07, 6.45) is 2.35. The molecule has 0 unspecified atom stereocenters. The lowest BCUT2D eigenvalue weighted by Crippen LogP contribution is -2.21. The van der Waals surface area contributed by atoms with E-state index in [1.54, 1.807) is 6.07 Å². The number of aromatic nitrogens is 2. The summed E-state index contributed by atoms with van der Waals surface area (Å²) in [5.74, 6) is 0.768. The summed E-state index contributed by atoms with van der Waals surface area (Å²) >= 11 is 3.50. The zero-order valence-corrected chi connectivity index (χ0v) is 13.1. The maximum absolute atomic E-state index is 8.85. The normalized spacial score (nSPS) is 10.1. The Kier molecular flexibility index (Phi) is 4.70. The minimum absolute atomic E-state index is 0.389. The fourth-order valence-electron chi connectivity index (χ4n) is 1.93. The predicted molar refractivity (Wildman–Crippen MR) is 82.6 cm³/mol. The van der Waals surface area contributed by atoms with E-state index in [9.17, 15) is 0 Å². The van der Waals surface area contributed by atoms with Gasteiger partial charge in [-0.25, -0.2) is 9.97 Å². The second kappa shape index (κ2) is 6.49. The molecule has 4 nitrogen and oxygen atoms in total. The van der Waals surface area contributed by atoms with Gasteiger partial charge in [-0.05, 0) is 36.6 Å². The van der Waals surface area contributed by atoms with Crippen molar-refractivity contribution in [1.29, 1.82) is 5.26 Å². The summed E-state index contributed by atoms with van der Waals surface area (Å²) in [4.78, 5) is 10.1. The van der Waals surface area contributed by atoms with Gasteiger partial charge >= 0.3 is 0 Å². The van der Waals surface area contributed by atoms with Gasteiger partial charge in [-0.1, -0.05) is 22.0 Å². The van der Waals surface area contributed by atoms with Crippen LogP contribution in [0.5, 0.6) is 0 Å². The minimum Gasteiger partial charge on any atom is -0.359 e. The van der Waals surface area contributed by atoms with E-state index in [1.807, 2.05) is 24.1 Å². The molecule has 102 valence electrons. The van der Waals surface area contributed by atoms with Crippen LogP contribution < -0.4 is 4.90 Å². The number of hydrogen-bond donors (Lipinski definition) is 0. The Bertz CT molecular complexity index is 649. The van der Waals surface area contributed by atoms with Gasteiger partial charge in [0.1, 0.15) is 23.9 Å². The van der Waals surface area contributed by atoms with E-state index >= 15 is 0 Å². The highest BCUT2D eigenvalue weighted by Crippen LogP contribution is 2.17.